The highest BCUT2D eigenvalue weighted by Gasteiger charge is 2.51. The summed E-state index contributed by atoms with van der Waals surface area (Å²) in [6, 6.07) is 14.3. The molecule has 3 rings (SSSR count). The Balaban J connectivity index is 1.77. The van der Waals surface area contributed by atoms with Crippen molar-refractivity contribution in [2.24, 2.45) is 0 Å². The predicted molar refractivity (Wildman–Crippen MR) is 103 cm³/mol. The van der Waals surface area contributed by atoms with E-state index >= 15 is 0 Å². The molecule has 1 saturated heterocycles. The number of benzene rings is 1. The number of rotatable bonds is 3. The van der Waals surface area contributed by atoms with E-state index in [9.17, 15) is 0 Å². The zero-order chi connectivity index (χ0) is 17.4. The molecule has 122 valence electrons. The van der Waals surface area contributed by atoms with Crippen molar-refractivity contribution in [2.45, 2.75) is 38.9 Å². The molecule has 1 fully saturated rings. The maximum atomic E-state index is 6.06. The molecule has 0 N–H and O–H groups in total. The third-order valence-electron chi connectivity index (χ3n) is 4.93. The van der Waals surface area contributed by atoms with Crippen LogP contribution in [0.15, 0.2) is 48.7 Å². The molecule has 1 aliphatic heterocycles. The summed E-state index contributed by atoms with van der Waals surface area (Å²) in [6.07, 6.45) is 3.93. The van der Waals surface area contributed by atoms with Crippen molar-refractivity contribution in [3.63, 3.8) is 0 Å². The Morgan fingerprint density at radius 1 is 1.00 bits per heavy atom. The van der Waals surface area contributed by atoms with Crippen LogP contribution in [0, 0.1) is 0 Å². The van der Waals surface area contributed by atoms with Crippen LogP contribution < -0.4 is 5.46 Å². The fraction of sp³-hybridized carbons (Fsp3) is 0.316. The molecule has 2 aromatic rings. The fourth-order valence-corrected chi connectivity index (χ4v) is 2.63. The molecule has 0 bridgehead atoms. The van der Waals surface area contributed by atoms with Crippen LogP contribution in [-0.2, 0) is 9.31 Å². The van der Waals surface area contributed by atoms with E-state index in [2.05, 4.69) is 58.7 Å². The Hall–Kier alpha value is -1.84. The number of nitrogens with zero attached hydrogens (tertiary/aromatic N) is 1. The third-order valence-corrected chi connectivity index (χ3v) is 4.93. The van der Waals surface area contributed by atoms with Gasteiger partial charge in [0.1, 0.15) is 7.85 Å². The SMILES string of the molecule is B/C(=C\c1ccc(B2OC(C)(C)C(C)(C)O2)cn1)c1ccccc1. The predicted octanol–water partition coefficient (Wildman–Crippen LogP) is 2.51. The van der Waals surface area contributed by atoms with Crippen LogP contribution in [-0.4, -0.2) is 31.2 Å². The summed E-state index contributed by atoms with van der Waals surface area (Å²) in [5.41, 5.74) is 3.60. The zero-order valence-electron chi connectivity index (χ0n) is 15.0. The molecule has 24 heavy (non-hydrogen) atoms. The minimum atomic E-state index is -0.365. The van der Waals surface area contributed by atoms with Crippen LogP contribution in [0.3, 0.4) is 0 Å². The van der Waals surface area contributed by atoms with Gasteiger partial charge in [-0.15, -0.1) is 0 Å². The van der Waals surface area contributed by atoms with Crippen molar-refractivity contribution in [3.8, 4) is 0 Å². The van der Waals surface area contributed by atoms with Crippen LogP contribution in [0.4, 0.5) is 0 Å². The van der Waals surface area contributed by atoms with E-state index in [1.807, 2.05) is 36.5 Å². The zero-order valence-corrected chi connectivity index (χ0v) is 15.0. The van der Waals surface area contributed by atoms with Gasteiger partial charge in [-0.3, -0.25) is 4.98 Å². The van der Waals surface area contributed by atoms with Gasteiger partial charge in [-0.25, -0.2) is 0 Å². The molecular weight excluding hydrogens is 296 g/mol. The van der Waals surface area contributed by atoms with Gasteiger partial charge in [0.15, 0.2) is 0 Å². The molecule has 0 radical (unpaired) electrons. The molecule has 1 aromatic heterocycles. The van der Waals surface area contributed by atoms with Crippen molar-refractivity contribution in [3.05, 3.63) is 59.9 Å². The van der Waals surface area contributed by atoms with Gasteiger partial charge in [0.2, 0.25) is 0 Å². The Morgan fingerprint density at radius 3 is 2.17 bits per heavy atom. The van der Waals surface area contributed by atoms with Crippen molar-refractivity contribution in [1.29, 1.82) is 0 Å². The molecule has 0 saturated carbocycles. The minimum absolute atomic E-state index is 0.333. The standard InChI is InChI=1S/C19H23B2NO2/c1-18(2)19(3,4)24-21(23-18)15-10-11-16(22-13-15)12-17(20)14-8-6-5-7-9-14/h5-13H,20H2,1-4H3/b17-12-. The van der Waals surface area contributed by atoms with Gasteiger partial charge in [0, 0.05) is 11.7 Å². The highest BCUT2D eigenvalue weighted by atomic mass is 16.7. The van der Waals surface area contributed by atoms with E-state index in [1.54, 1.807) is 0 Å². The largest absolute Gasteiger partial charge is 0.496 e. The van der Waals surface area contributed by atoms with E-state index in [4.69, 9.17) is 9.31 Å². The lowest BCUT2D eigenvalue weighted by atomic mass is 9.80. The summed E-state index contributed by atoms with van der Waals surface area (Å²) in [4.78, 5) is 4.55. The van der Waals surface area contributed by atoms with Crippen molar-refractivity contribution in [2.75, 3.05) is 0 Å². The van der Waals surface area contributed by atoms with Crippen LogP contribution in [0.25, 0.3) is 11.5 Å². The van der Waals surface area contributed by atoms with E-state index in [1.165, 1.54) is 11.0 Å². The normalized spacial score (nSPS) is 19.5. The third kappa shape index (κ3) is 3.33. The molecular formula is C19H23B2NO2. The maximum Gasteiger partial charge on any atom is 0.496 e. The minimum Gasteiger partial charge on any atom is -0.399 e. The average molecular weight is 319 g/mol. The number of hydrogen-bond donors (Lipinski definition) is 0. The van der Waals surface area contributed by atoms with Gasteiger partial charge in [-0.05, 0) is 45.4 Å². The Labute approximate surface area is 145 Å². The summed E-state index contributed by atoms with van der Waals surface area (Å²) in [7, 11) is 1.73. The highest BCUT2D eigenvalue weighted by Crippen LogP contribution is 2.36. The summed E-state index contributed by atoms with van der Waals surface area (Å²) >= 11 is 0. The average Bonchev–Trinajstić information content (AvgIpc) is 2.77. The fourth-order valence-electron chi connectivity index (χ4n) is 2.63. The van der Waals surface area contributed by atoms with Crippen LogP contribution in [0.5, 0.6) is 0 Å². The molecule has 2 heterocycles. The number of aromatic nitrogens is 1. The summed E-state index contributed by atoms with van der Waals surface area (Å²) in [6.45, 7) is 8.23. The Bertz CT molecular complexity index is 724. The van der Waals surface area contributed by atoms with Gasteiger partial charge in [0.05, 0.1) is 16.9 Å². The first-order valence-electron chi connectivity index (χ1n) is 8.34. The van der Waals surface area contributed by atoms with Gasteiger partial charge in [-0.1, -0.05) is 41.9 Å². The summed E-state index contributed by atoms with van der Waals surface area (Å²) < 4.78 is 12.1. The molecule has 0 amide bonds. The number of hydrogen-bond acceptors (Lipinski definition) is 3. The Morgan fingerprint density at radius 2 is 1.62 bits per heavy atom. The quantitative estimate of drug-likeness (QED) is 0.815. The molecule has 5 heteroatoms. The second-order valence-corrected chi connectivity index (χ2v) is 7.30. The molecule has 0 spiro atoms. The van der Waals surface area contributed by atoms with Crippen LogP contribution in [0.1, 0.15) is 39.0 Å². The lowest BCUT2D eigenvalue weighted by molar-refractivity contribution is 0.00578. The first-order valence-corrected chi connectivity index (χ1v) is 8.34. The van der Waals surface area contributed by atoms with Crippen LogP contribution >= 0.6 is 0 Å². The molecule has 0 unspecified atom stereocenters. The van der Waals surface area contributed by atoms with Gasteiger partial charge < -0.3 is 9.31 Å². The molecule has 0 atom stereocenters. The molecule has 3 nitrogen and oxygen atoms in total. The van der Waals surface area contributed by atoms with Crippen molar-refractivity contribution >= 4 is 32.0 Å². The maximum absolute atomic E-state index is 6.06. The molecule has 1 aromatic carbocycles. The first kappa shape index (κ1) is 17.0. The van der Waals surface area contributed by atoms with Gasteiger partial charge in [0.25, 0.3) is 0 Å². The monoisotopic (exact) mass is 319 g/mol. The van der Waals surface area contributed by atoms with E-state index in [-0.39, 0.29) is 18.3 Å². The molecule has 0 aliphatic carbocycles. The van der Waals surface area contributed by atoms with Crippen molar-refractivity contribution < 1.29 is 9.31 Å². The van der Waals surface area contributed by atoms with E-state index < -0.39 is 0 Å². The topological polar surface area (TPSA) is 31.4 Å². The smallest absolute Gasteiger partial charge is 0.399 e. The second-order valence-electron chi connectivity index (χ2n) is 7.30. The second kappa shape index (κ2) is 6.23. The highest BCUT2D eigenvalue weighted by molar-refractivity contribution is 6.62. The lowest BCUT2D eigenvalue weighted by Gasteiger charge is -2.32. The van der Waals surface area contributed by atoms with Gasteiger partial charge in [-0.2, -0.15) is 0 Å². The van der Waals surface area contributed by atoms with Crippen molar-refractivity contribution in [1.82, 2.24) is 4.98 Å². The summed E-state index contributed by atoms with van der Waals surface area (Å²) in [5.74, 6) is 0. The van der Waals surface area contributed by atoms with Crippen LogP contribution in [0.2, 0.25) is 0 Å². The van der Waals surface area contributed by atoms with Gasteiger partial charge >= 0.3 is 7.12 Å². The molecule has 1 aliphatic rings. The van der Waals surface area contributed by atoms with E-state index in [0.29, 0.717) is 0 Å². The summed E-state index contributed by atoms with van der Waals surface area (Å²) in [5, 5.41) is 0. The lowest BCUT2D eigenvalue weighted by Crippen LogP contribution is -2.41. The van der Waals surface area contributed by atoms with E-state index in [0.717, 1.165) is 11.2 Å². The first-order chi connectivity index (χ1) is 11.3. The Kier molecular flexibility index (Phi) is 4.41. The number of pyridine rings is 1.